The Morgan fingerprint density at radius 3 is 2.68 bits per heavy atom. The van der Waals surface area contributed by atoms with Crippen LogP contribution in [0.4, 0.5) is 8.78 Å². The average molecular weight is 306 g/mol. The summed E-state index contributed by atoms with van der Waals surface area (Å²) in [7, 11) is 0. The molecule has 118 valence electrons. The molecule has 6 heteroatoms. The zero-order valence-electron chi connectivity index (χ0n) is 12.2. The van der Waals surface area contributed by atoms with Crippen molar-refractivity contribution in [3.8, 4) is 0 Å². The van der Waals surface area contributed by atoms with E-state index in [4.69, 9.17) is 0 Å². The monoisotopic (exact) mass is 306 g/mol. The van der Waals surface area contributed by atoms with Gasteiger partial charge in [-0.3, -0.25) is 0 Å². The van der Waals surface area contributed by atoms with Crippen molar-refractivity contribution in [3.63, 3.8) is 0 Å². The fraction of sp³-hybridized carbons (Fsp3) is 0.500. The molecule has 3 heterocycles. The van der Waals surface area contributed by atoms with Gasteiger partial charge in [-0.15, -0.1) is 0 Å². The Balaban J connectivity index is 1.59. The molecule has 4 aliphatic rings. The molecule has 0 aromatic carbocycles. The third kappa shape index (κ3) is 2.57. The number of halogens is 2. The van der Waals surface area contributed by atoms with Gasteiger partial charge < -0.3 is 21.3 Å². The number of dihydropyridines is 1. The van der Waals surface area contributed by atoms with Crippen molar-refractivity contribution in [1.82, 2.24) is 21.3 Å². The molecule has 0 aromatic rings. The van der Waals surface area contributed by atoms with Crippen LogP contribution < -0.4 is 21.3 Å². The predicted molar refractivity (Wildman–Crippen MR) is 81.2 cm³/mol. The first-order valence-electron chi connectivity index (χ1n) is 7.83. The van der Waals surface area contributed by atoms with E-state index in [2.05, 4.69) is 27.3 Å². The van der Waals surface area contributed by atoms with Crippen LogP contribution in [-0.2, 0) is 0 Å². The maximum absolute atomic E-state index is 13.5. The molecule has 1 aliphatic carbocycles. The van der Waals surface area contributed by atoms with Crippen molar-refractivity contribution in [2.75, 3.05) is 19.6 Å². The van der Waals surface area contributed by atoms with Crippen LogP contribution >= 0.6 is 0 Å². The molecule has 0 spiro atoms. The SMILES string of the molecule is FC1=CC(C2=CC3CNC3C(NC3CCNC3)=C2)=CC(F)N1. The highest BCUT2D eigenvalue weighted by Gasteiger charge is 2.36. The number of allylic oxidation sites excluding steroid dienone is 4. The lowest BCUT2D eigenvalue weighted by molar-refractivity contribution is 0.300. The van der Waals surface area contributed by atoms with Gasteiger partial charge in [-0.1, -0.05) is 6.08 Å². The van der Waals surface area contributed by atoms with Crippen LogP contribution in [0.1, 0.15) is 6.42 Å². The van der Waals surface area contributed by atoms with Crippen LogP contribution in [0.25, 0.3) is 0 Å². The van der Waals surface area contributed by atoms with Crippen molar-refractivity contribution < 1.29 is 8.78 Å². The Labute approximate surface area is 128 Å². The number of hydrogen-bond acceptors (Lipinski definition) is 4. The minimum Gasteiger partial charge on any atom is -0.383 e. The first-order chi connectivity index (χ1) is 10.7. The highest BCUT2D eigenvalue weighted by Crippen LogP contribution is 2.32. The third-order valence-corrected chi connectivity index (χ3v) is 4.69. The second kappa shape index (κ2) is 5.52. The lowest BCUT2D eigenvalue weighted by Crippen LogP contribution is -2.57. The van der Waals surface area contributed by atoms with E-state index in [1.54, 1.807) is 0 Å². The number of nitrogens with one attached hydrogen (secondary N) is 4. The average Bonchev–Trinajstić information content (AvgIpc) is 2.92. The van der Waals surface area contributed by atoms with Gasteiger partial charge in [0.2, 0.25) is 0 Å². The summed E-state index contributed by atoms with van der Waals surface area (Å²) >= 11 is 0. The van der Waals surface area contributed by atoms with Crippen LogP contribution in [0.2, 0.25) is 0 Å². The largest absolute Gasteiger partial charge is 0.383 e. The molecular weight excluding hydrogens is 286 g/mol. The van der Waals surface area contributed by atoms with Gasteiger partial charge in [-0.05, 0) is 42.3 Å². The number of rotatable bonds is 3. The summed E-state index contributed by atoms with van der Waals surface area (Å²) in [6.45, 7) is 2.90. The van der Waals surface area contributed by atoms with E-state index in [0.29, 0.717) is 23.6 Å². The number of hydrogen-bond donors (Lipinski definition) is 4. The Morgan fingerprint density at radius 1 is 1.14 bits per heavy atom. The zero-order valence-corrected chi connectivity index (χ0v) is 12.2. The molecule has 3 aliphatic heterocycles. The van der Waals surface area contributed by atoms with Gasteiger partial charge in [-0.2, -0.15) is 4.39 Å². The quantitative estimate of drug-likeness (QED) is 0.587. The van der Waals surface area contributed by atoms with Gasteiger partial charge in [0.05, 0.1) is 6.04 Å². The van der Waals surface area contributed by atoms with Gasteiger partial charge in [0.1, 0.15) is 0 Å². The summed E-state index contributed by atoms with van der Waals surface area (Å²) in [5, 5.41) is 12.5. The van der Waals surface area contributed by atoms with Crippen molar-refractivity contribution in [2.45, 2.75) is 24.8 Å². The summed E-state index contributed by atoms with van der Waals surface area (Å²) in [5.74, 6) is -0.232. The molecule has 2 saturated heterocycles. The maximum Gasteiger partial charge on any atom is 0.191 e. The van der Waals surface area contributed by atoms with Gasteiger partial charge in [0, 0.05) is 30.7 Å². The highest BCUT2D eigenvalue weighted by molar-refractivity contribution is 5.53. The lowest BCUT2D eigenvalue weighted by Gasteiger charge is -2.42. The van der Waals surface area contributed by atoms with Crippen molar-refractivity contribution >= 4 is 0 Å². The molecule has 0 radical (unpaired) electrons. The molecule has 22 heavy (non-hydrogen) atoms. The van der Waals surface area contributed by atoms with Crippen molar-refractivity contribution in [3.05, 3.63) is 47.1 Å². The molecule has 2 fully saturated rings. The smallest absolute Gasteiger partial charge is 0.191 e. The van der Waals surface area contributed by atoms with Gasteiger partial charge >= 0.3 is 0 Å². The van der Waals surface area contributed by atoms with Crippen LogP contribution in [0.15, 0.2) is 47.1 Å². The zero-order chi connectivity index (χ0) is 15.1. The molecule has 4 N–H and O–H groups in total. The molecule has 4 unspecified atom stereocenters. The van der Waals surface area contributed by atoms with Crippen LogP contribution in [0, 0.1) is 5.92 Å². The summed E-state index contributed by atoms with van der Waals surface area (Å²) in [6.07, 6.45) is 6.56. The van der Waals surface area contributed by atoms with Gasteiger partial charge in [0.15, 0.2) is 12.2 Å². The third-order valence-electron chi connectivity index (χ3n) is 4.69. The normalized spacial score (nSPS) is 37.0. The molecule has 4 nitrogen and oxygen atoms in total. The minimum absolute atomic E-state index is 0.307. The topological polar surface area (TPSA) is 48.1 Å². The molecule has 4 rings (SSSR count). The first kappa shape index (κ1) is 14.0. The predicted octanol–water partition coefficient (Wildman–Crippen LogP) is 0.986. The summed E-state index contributed by atoms with van der Waals surface area (Å²) in [5.41, 5.74) is 2.64. The molecule has 0 aromatic heterocycles. The molecule has 0 bridgehead atoms. The molecular formula is C16H20F2N4. The summed E-state index contributed by atoms with van der Waals surface area (Å²) in [6, 6.07) is 0.735. The van der Waals surface area contributed by atoms with E-state index < -0.39 is 12.2 Å². The van der Waals surface area contributed by atoms with E-state index in [0.717, 1.165) is 37.3 Å². The highest BCUT2D eigenvalue weighted by atomic mass is 19.2. The number of alkyl halides is 1. The standard InChI is InChI=1S/C16H20F2N4/c17-14-5-10(6-15(18)22-14)9-3-11-7-20-16(11)13(4-9)21-12-1-2-19-8-12/h3-6,11-12,14,16,19-22H,1-2,7-8H2. The van der Waals surface area contributed by atoms with Gasteiger partial charge in [0.25, 0.3) is 0 Å². The van der Waals surface area contributed by atoms with Crippen LogP contribution in [-0.4, -0.2) is 38.0 Å². The summed E-state index contributed by atoms with van der Waals surface area (Å²) < 4.78 is 26.9. The lowest BCUT2D eigenvalue weighted by atomic mass is 9.80. The maximum atomic E-state index is 13.5. The van der Waals surface area contributed by atoms with Gasteiger partial charge in [-0.25, -0.2) is 4.39 Å². The first-order valence-corrected chi connectivity index (χ1v) is 7.83. The molecule has 0 amide bonds. The molecule has 4 atom stereocenters. The van der Waals surface area contributed by atoms with Crippen molar-refractivity contribution in [1.29, 1.82) is 0 Å². The van der Waals surface area contributed by atoms with Crippen LogP contribution in [0.3, 0.4) is 0 Å². The fourth-order valence-electron chi connectivity index (χ4n) is 3.47. The Morgan fingerprint density at radius 2 is 2.00 bits per heavy atom. The van der Waals surface area contributed by atoms with E-state index in [9.17, 15) is 8.78 Å². The summed E-state index contributed by atoms with van der Waals surface area (Å²) in [4.78, 5) is 0. The second-order valence-corrected chi connectivity index (χ2v) is 6.27. The van der Waals surface area contributed by atoms with Crippen LogP contribution in [0.5, 0.6) is 0 Å². The second-order valence-electron chi connectivity index (χ2n) is 6.27. The Bertz CT molecular complexity index is 587. The van der Waals surface area contributed by atoms with E-state index >= 15 is 0 Å². The fourth-order valence-corrected chi connectivity index (χ4v) is 3.47. The molecule has 0 saturated carbocycles. The van der Waals surface area contributed by atoms with Crippen molar-refractivity contribution in [2.24, 2.45) is 5.92 Å². The Hall–Kier alpha value is -1.66. The Kier molecular flexibility index (Phi) is 3.50. The van der Waals surface area contributed by atoms with E-state index in [-0.39, 0.29) is 0 Å². The minimum atomic E-state index is -1.47. The van der Waals surface area contributed by atoms with E-state index in [1.807, 2.05) is 6.08 Å². The van der Waals surface area contributed by atoms with E-state index in [1.165, 1.54) is 12.2 Å². The number of fused-ring (bicyclic) bond motifs is 1.